The van der Waals surface area contributed by atoms with Crippen molar-refractivity contribution in [1.82, 2.24) is 4.72 Å². The quantitative estimate of drug-likeness (QED) is 0.827. The first kappa shape index (κ1) is 15.2. The van der Waals surface area contributed by atoms with Crippen molar-refractivity contribution in [2.75, 3.05) is 5.33 Å². The lowest BCUT2D eigenvalue weighted by Gasteiger charge is -2.19. The Balaban J connectivity index is 2.25. The van der Waals surface area contributed by atoms with Crippen molar-refractivity contribution in [1.29, 1.82) is 0 Å². The van der Waals surface area contributed by atoms with E-state index in [2.05, 4.69) is 20.7 Å². The van der Waals surface area contributed by atoms with Gasteiger partial charge in [0.2, 0.25) is 10.0 Å². The summed E-state index contributed by atoms with van der Waals surface area (Å²) < 4.78 is 40.3. The van der Waals surface area contributed by atoms with Gasteiger partial charge < -0.3 is 0 Å². The van der Waals surface area contributed by atoms with E-state index in [1.165, 1.54) is 6.07 Å². The molecule has 1 N–H and O–H groups in total. The molecule has 2 unspecified atom stereocenters. The Morgan fingerprint density at radius 3 is 2.84 bits per heavy atom. The van der Waals surface area contributed by atoms with Crippen LogP contribution in [0.5, 0.6) is 0 Å². The summed E-state index contributed by atoms with van der Waals surface area (Å²) in [5.41, 5.74) is 0. The Bertz CT molecular complexity index is 567. The lowest BCUT2D eigenvalue weighted by atomic mass is 10.1. The molecule has 0 heterocycles. The van der Waals surface area contributed by atoms with E-state index in [1.54, 1.807) is 0 Å². The SMILES string of the molecule is O=S(=O)(NC1CCCC1CBr)c1cc(F)ccc1Cl. The van der Waals surface area contributed by atoms with E-state index in [4.69, 9.17) is 11.6 Å². The smallest absolute Gasteiger partial charge is 0.208 e. The molecule has 0 amide bonds. The van der Waals surface area contributed by atoms with Gasteiger partial charge in [0.05, 0.1) is 5.02 Å². The zero-order valence-corrected chi connectivity index (χ0v) is 13.2. The van der Waals surface area contributed by atoms with Crippen molar-refractivity contribution in [3.05, 3.63) is 29.0 Å². The summed E-state index contributed by atoms with van der Waals surface area (Å²) in [5, 5.41) is 0.777. The largest absolute Gasteiger partial charge is 0.242 e. The standard InChI is InChI=1S/C12H14BrClFNO2S/c13-7-8-2-1-3-11(8)16-19(17,18)12-6-9(15)4-5-10(12)14/h4-6,8,11,16H,1-3,7H2. The first-order valence-corrected chi connectivity index (χ1v) is 8.95. The molecule has 106 valence electrons. The zero-order chi connectivity index (χ0) is 14.0. The zero-order valence-electron chi connectivity index (χ0n) is 10.1. The summed E-state index contributed by atoms with van der Waals surface area (Å²) in [6, 6.07) is 3.21. The van der Waals surface area contributed by atoms with E-state index in [9.17, 15) is 12.8 Å². The van der Waals surface area contributed by atoms with Crippen LogP contribution in [0.3, 0.4) is 0 Å². The molecule has 0 aromatic heterocycles. The highest BCUT2D eigenvalue weighted by molar-refractivity contribution is 9.09. The number of rotatable bonds is 4. The summed E-state index contributed by atoms with van der Waals surface area (Å²) in [6.07, 6.45) is 2.76. The van der Waals surface area contributed by atoms with Gasteiger partial charge >= 0.3 is 0 Å². The number of alkyl halides is 1. The first-order chi connectivity index (χ1) is 8.94. The number of nitrogens with one attached hydrogen (secondary N) is 1. The van der Waals surface area contributed by atoms with Crippen LogP contribution in [0.2, 0.25) is 5.02 Å². The molecule has 0 bridgehead atoms. The number of sulfonamides is 1. The molecular formula is C12H14BrClFNO2S. The van der Waals surface area contributed by atoms with Crippen LogP contribution in [0.15, 0.2) is 23.1 Å². The van der Waals surface area contributed by atoms with Crippen LogP contribution in [-0.4, -0.2) is 19.8 Å². The van der Waals surface area contributed by atoms with Gasteiger partial charge in [-0.1, -0.05) is 34.0 Å². The van der Waals surface area contributed by atoms with Gasteiger partial charge in [0.15, 0.2) is 0 Å². The van der Waals surface area contributed by atoms with Crippen LogP contribution in [0, 0.1) is 11.7 Å². The third-order valence-corrected chi connectivity index (χ3v) is 6.15. The number of hydrogen-bond acceptors (Lipinski definition) is 2. The summed E-state index contributed by atoms with van der Waals surface area (Å²) in [6.45, 7) is 0. The molecule has 1 fully saturated rings. The van der Waals surface area contributed by atoms with E-state index in [0.29, 0.717) is 0 Å². The van der Waals surface area contributed by atoms with Gasteiger partial charge in [-0.05, 0) is 37.0 Å². The molecule has 1 aromatic carbocycles. The maximum atomic E-state index is 13.2. The van der Waals surface area contributed by atoms with Crippen LogP contribution in [0.1, 0.15) is 19.3 Å². The summed E-state index contributed by atoms with van der Waals surface area (Å²) in [7, 11) is -3.78. The monoisotopic (exact) mass is 369 g/mol. The normalized spacial score (nSPS) is 23.7. The molecule has 0 saturated heterocycles. The van der Waals surface area contributed by atoms with E-state index < -0.39 is 15.8 Å². The van der Waals surface area contributed by atoms with Gasteiger partial charge in [0.25, 0.3) is 0 Å². The van der Waals surface area contributed by atoms with Crippen LogP contribution < -0.4 is 4.72 Å². The molecule has 1 saturated carbocycles. The van der Waals surface area contributed by atoms with E-state index >= 15 is 0 Å². The fraction of sp³-hybridized carbons (Fsp3) is 0.500. The van der Waals surface area contributed by atoms with Gasteiger partial charge in [-0.2, -0.15) is 0 Å². The number of halogens is 3. The third kappa shape index (κ3) is 3.48. The Hall–Kier alpha value is -0.170. The number of hydrogen-bond donors (Lipinski definition) is 1. The van der Waals surface area contributed by atoms with E-state index in [1.807, 2.05) is 0 Å². The van der Waals surface area contributed by atoms with Crippen molar-refractivity contribution in [2.45, 2.75) is 30.2 Å². The summed E-state index contributed by atoms with van der Waals surface area (Å²) in [5.74, 6) is -0.352. The second-order valence-corrected chi connectivity index (χ2v) is 7.38. The molecule has 2 rings (SSSR count). The van der Waals surface area contributed by atoms with Crippen molar-refractivity contribution >= 4 is 37.6 Å². The Morgan fingerprint density at radius 1 is 1.42 bits per heavy atom. The molecule has 19 heavy (non-hydrogen) atoms. The van der Waals surface area contributed by atoms with Crippen molar-refractivity contribution < 1.29 is 12.8 Å². The lowest BCUT2D eigenvalue weighted by Crippen LogP contribution is -2.38. The van der Waals surface area contributed by atoms with Crippen LogP contribution in [0.4, 0.5) is 4.39 Å². The van der Waals surface area contributed by atoms with Crippen LogP contribution in [-0.2, 0) is 10.0 Å². The minimum absolute atomic E-state index is 0.0299. The topological polar surface area (TPSA) is 46.2 Å². The maximum absolute atomic E-state index is 13.2. The van der Waals surface area contributed by atoms with Crippen LogP contribution in [0.25, 0.3) is 0 Å². The third-order valence-electron chi connectivity index (χ3n) is 3.35. The summed E-state index contributed by atoms with van der Waals surface area (Å²) in [4.78, 5) is -0.200. The highest BCUT2D eigenvalue weighted by Gasteiger charge is 2.31. The van der Waals surface area contributed by atoms with Gasteiger partial charge in [-0.15, -0.1) is 0 Å². The fourth-order valence-electron chi connectivity index (χ4n) is 2.32. The molecule has 2 atom stereocenters. The number of benzene rings is 1. The van der Waals surface area contributed by atoms with E-state index in [0.717, 1.165) is 36.7 Å². The Kier molecular flexibility index (Phi) is 4.87. The molecular weight excluding hydrogens is 357 g/mol. The molecule has 0 aliphatic heterocycles. The molecule has 0 spiro atoms. The second kappa shape index (κ2) is 6.08. The Morgan fingerprint density at radius 2 is 2.16 bits per heavy atom. The minimum atomic E-state index is -3.78. The fourth-order valence-corrected chi connectivity index (χ4v) is 4.95. The molecule has 1 aromatic rings. The molecule has 7 heteroatoms. The van der Waals surface area contributed by atoms with Crippen molar-refractivity contribution in [3.8, 4) is 0 Å². The highest BCUT2D eigenvalue weighted by Crippen LogP contribution is 2.29. The van der Waals surface area contributed by atoms with Crippen molar-refractivity contribution in [2.24, 2.45) is 5.92 Å². The van der Waals surface area contributed by atoms with Gasteiger partial charge in [0.1, 0.15) is 10.7 Å². The minimum Gasteiger partial charge on any atom is -0.208 e. The predicted octanol–water partition coefficient (Wildman–Crippen LogP) is 3.32. The van der Waals surface area contributed by atoms with Crippen molar-refractivity contribution in [3.63, 3.8) is 0 Å². The highest BCUT2D eigenvalue weighted by atomic mass is 79.9. The average molecular weight is 371 g/mol. The predicted molar refractivity (Wildman–Crippen MR) is 76.7 cm³/mol. The molecule has 1 aliphatic carbocycles. The Labute approximate surface area is 125 Å². The average Bonchev–Trinajstić information content (AvgIpc) is 2.78. The van der Waals surface area contributed by atoms with Gasteiger partial charge in [-0.3, -0.25) is 0 Å². The first-order valence-electron chi connectivity index (χ1n) is 5.97. The van der Waals surface area contributed by atoms with Gasteiger partial charge in [0, 0.05) is 11.4 Å². The van der Waals surface area contributed by atoms with Crippen LogP contribution >= 0.6 is 27.5 Å². The molecule has 0 radical (unpaired) electrons. The molecule has 3 nitrogen and oxygen atoms in total. The van der Waals surface area contributed by atoms with E-state index in [-0.39, 0.29) is 21.9 Å². The lowest BCUT2D eigenvalue weighted by molar-refractivity contribution is 0.484. The summed E-state index contributed by atoms with van der Waals surface area (Å²) >= 11 is 9.23. The molecule has 1 aliphatic rings. The maximum Gasteiger partial charge on any atom is 0.242 e. The van der Waals surface area contributed by atoms with Gasteiger partial charge in [-0.25, -0.2) is 17.5 Å². The second-order valence-electron chi connectivity index (χ2n) is 4.65.